The van der Waals surface area contributed by atoms with Crippen molar-refractivity contribution in [2.45, 2.75) is 19.3 Å². The molecule has 1 aliphatic carbocycles. The van der Waals surface area contributed by atoms with Crippen molar-refractivity contribution < 1.29 is 0 Å². The third-order valence-corrected chi connectivity index (χ3v) is 10.5. The summed E-state index contributed by atoms with van der Waals surface area (Å²) in [5.74, 6) is 0. The Kier molecular flexibility index (Phi) is 4.88. The molecule has 0 radical (unpaired) electrons. The Morgan fingerprint density at radius 1 is 0.333 bits per heavy atom. The molecule has 1 aliphatic rings. The molecule has 9 aromatic carbocycles. The molecular weight excluding hydrogens is 540 g/mol. The fourth-order valence-electron chi connectivity index (χ4n) is 8.21. The van der Waals surface area contributed by atoms with E-state index >= 15 is 0 Å². The van der Waals surface area contributed by atoms with Crippen molar-refractivity contribution in [3.8, 4) is 33.4 Å². The minimum Gasteiger partial charge on any atom is -0.0616 e. The monoisotopic (exact) mass is 570 g/mol. The quantitative estimate of drug-likeness (QED) is 0.181. The lowest BCUT2D eigenvalue weighted by Crippen LogP contribution is -2.15. The Hall–Kier alpha value is -5.46. The topological polar surface area (TPSA) is 0 Å². The van der Waals surface area contributed by atoms with E-state index in [1.165, 1.54) is 98.4 Å². The maximum absolute atomic E-state index is 2.48. The smallest absolute Gasteiger partial charge is 0.0159 e. The van der Waals surface area contributed by atoms with Gasteiger partial charge in [-0.25, -0.2) is 0 Å². The lowest BCUT2D eigenvalue weighted by atomic mass is 9.80. The third kappa shape index (κ3) is 3.48. The van der Waals surface area contributed by atoms with E-state index in [2.05, 4.69) is 159 Å². The molecule has 0 saturated carbocycles. The van der Waals surface area contributed by atoms with Crippen LogP contribution >= 0.6 is 0 Å². The summed E-state index contributed by atoms with van der Waals surface area (Å²) in [7, 11) is 0. The van der Waals surface area contributed by atoms with E-state index in [1.807, 2.05) is 0 Å². The first kappa shape index (κ1) is 24.9. The molecule has 0 spiro atoms. The van der Waals surface area contributed by atoms with Crippen LogP contribution in [0.15, 0.2) is 146 Å². The fourth-order valence-corrected chi connectivity index (χ4v) is 8.21. The zero-order valence-corrected chi connectivity index (χ0v) is 25.4. The van der Waals surface area contributed by atoms with Gasteiger partial charge in [0.15, 0.2) is 0 Å². The summed E-state index contributed by atoms with van der Waals surface area (Å²) in [6.07, 6.45) is 0. The van der Waals surface area contributed by atoms with Crippen LogP contribution in [0.5, 0.6) is 0 Å². The van der Waals surface area contributed by atoms with E-state index < -0.39 is 0 Å². The summed E-state index contributed by atoms with van der Waals surface area (Å²) >= 11 is 0. The van der Waals surface area contributed by atoms with E-state index in [0.717, 1.165) is 0 Å². The lowest BCUT2D eigenvalue weighted by molar-refractivity contribution is 0.661. The predicted octanol–water partition coefficient (Wildman–Crippen LogP) is 12.5. The van der Waals surface area contributed by atoms with Gasteiger partial charge in [0.05, 0.1) is 0 Å². The molecule has 0 aliphatic heterocycles. The molecule has 0 N–H and O–H groups in total. The predicted molar refractivity (Wildman–Crippen MR) is 194 cm³/mol. The molecule has 10 rings (SSSR count). The summed E-state index contributed by atoms with van der Waals surface area (Å²) in [4.78, 5) is 0. The first-order chi connectivity index (χ1) is 22.0. The summed E-state index contributed by atoms with van der Waals surface area (Å²) in [5, 5.41) is 13.1. The largest absolute Gasteiger partial charge is 0.0616 e. The average Bonchev–Trinajstić information content (AvgIpc) is 3.30. The van der Waals surface area contributed by atoms with Gasteiger partial charge in [0.1, 0.15) is 0 Å². The van der Waals surface area contributed by atoms with Gasteiger partial charge in [0.2, 0.25) is 0 Å². The van der Waals surface area contributed by atoms with E-state index in [-0.39, 0.29) is 5.41 Å². The Morgan fingerprint density at radius 3 is 1.56 bits per heavy atom. The van der Waals surface area contributed by atoms with Gasteiger partial charge < -0.3 is 0 Å². The highest BCUT2D eigenvalue weighted by Crippen LogP contribution is 2.54. The van der Waals surface area contributed by atoms with Crippen molar-refractivity contribution in [1.82, 2.24) is 0 Å². The van der Waals surface area contributed by atoms with Crippen molar-refractivity contribution >= 4 is 53.9 Å². The minimum atomic E-state index is -0.133. The second kappa shape index (κ2) is 8.80. The molecule has 0 fully saturated rings. The summed E-state index contributed by atoms with van der Waals surface area (Å²) < 4.78 is 0. The number of benzene rings is 9. The molecule has 9 aromatic rings. The Labute approximate surface area is 262 Å². The minimum absolute atomic E-state index is 0.133. The third-order valence-electron chi connectivity index (χ3n) is 10.5. The van der Waals surface area contributed by atoms with Crippen LogP contribution in [0, 0.1) is 0 Å². The summed E-state index contributed by atoms with van der Waals surface area (Å²) in [6.45, 7) is 4.81. The summed E-state index contributed by atoms with van der Waals surface area (Å²) in [5.41, 5.74) is 10.5. The van der Waals surface area contributed by atoms with Crippen LogP contribution in [0.1, 0.15) is 25.0 Å². The Bertz CT molecular complexity index is 2600. The Morgan fingerprint density at radius 2 is 0.844 bits per heavy atom. The molecule has 0 unspecified atom stereocenters. The average molecular weight is 571 g/mol. The number of hydrogen-bond acceptors (Lipinski definition) is 0. The van der Waals surface area contributed by atoms with Gasteiger partial charge in [-0.3, -0.25) is 0 Å². The highest BCUT2D eigenvalue weighted by molar-refractivity contribution is 6.23. The van der Waals surface area contributed by atoms with Crippen LogP contribution in [0.2, 0.25) is 0 Å². The zero-order valence-electron chi connectivity index (χ0n) is 25.4. The number of fused-ring (bicyclic) bond motifs is 5. The van der Waals surface area contributed by atoms with Crippen LogP contribution in [0.4, 0.5) is 0 Å². The van der Waals surface area contributed by atoms with Crippen molar-refractivity contribution in [1.29, 1.82) is 0 Å². The van der Waals surface area contributed by atoms with Gasteiger partial charge in [-0.05, 0) is 141 Å². The normalized spacial score (nSPS) is 13.7. The molecule has 0 aromatic heterocycles. The van der Waals surface area contributed by atoms with Crippen LogP contribution in [0.25, 0.3) is 87.2 Å². The molecule has 0 bridgehead atoms. The van der Waals surface area contributed by atoms with Crippen molar-refractivity contribution in [2.24, 2.45) is 0 Å². The molecule has 0 amide bonds. The van der Waals surface area contributed by atoms with Gasteiger partial charge in [-0.2, -0.15) is 0 Å². The first-order valence-corrected chi connectivity index (χ1v) is 15.9. The van der Waals surface area contributed by atoms with Gasteiger partial charge in [-0.15, -0.1) is 0 Å². The maximum Gasteiger partial charge on any atom is 0.0159 e. The molecular formula is C45H30. The lowest BCUT2D eigenvalue weighted by Gasteiger charge is -2.23. The molecule has 0 saturated heterocycles. The van der Waals surface area contributed by atoms with E-state index in [0.29, 0.717) is 0 Å². The van der Waals surface area contributed by atoms with Gasteiger partial charge >= 0.3 is 0 Å². The molecule has 0 atom stereocenters. The second-order valence-corrected chi connectivity index (χ2v) is 13.4. The van der Waals surface area contributed by atoms with Crippen LogP contribution < -0.4 is 0 Å². The highest BCUT2D eigenvalue weighted by Gasteiger charge is 2.38. The van der Waals surface area contributed by atoms with E-state index in [1.54, 1.807) is 0 Å². The summed E-state index contributed by atoms with van der Waals surface area (Å²) in [6, 6.07) is 54.8. The van der Waals surface area contributed by atoms with Crippen molar-refractivity contribution in [2.75, 3.05) is 0 Å². The maximum atomic E-state index is 2.48. The van der Waals surface area contributed by atoms with Gasteiger partial charge in [0, 0.05) is 5.41 Å². The van der Waals surface area contributed by atoms with Crippen molar-refractivity contribution in [3.63, 3.8) is 0 Å². The van der Waals surface area contributed by atoms with Crippen LogP contribution in [-0.4, -0.2) is 0 Å². The molecule has 0 heteroatoms. The second-order valence-electron chi connectivity index (χ2n) is 13.4. The molecule has 45 heavy (non-hydrogen) atoms. The Balaban J connectivity index is 1.28. The van der Waals surface area contributed by atoms with Gasteiger partial charge in [-0.1, -0.05) is 117 Å². The molecule has 210 valence electrons. The molecule has 0 heterocycles. The number of rotatable bonds is 2. The fraction of sp³-hybridized carbons (Fsp3) is 0.0667. The number of hydrogen-bond donors (Lipinski definition) is 0. The van der Waals surface area contributed by atoms with Crippen molar-refractivity contribution in [3.05, 3.63) is 157 Å². The van der Waals surface area contributed by atoms with Gasteiger partial charge in [0.25, 0.3) is 0 Å². The first-order valence-electron chi connectivity index (χ1n) is 15.9. The highest BCUT2D eigenvalue weighted by atomic mass is 14.4. The molecule has 0 nitrogen and oxygen atoms in total. The van der Waals surface area contributed by atoms with Crippen LogP contribution in [-0.2, 0) is 5.41 Å². The van der Waals surface area contributed by atoms with E-state index in [4.69, 9.17) is 0 Å². The SMILES string of the molecule is CC1(C)c2cc3ccccc3cc2-c2c(-c3ccc4ccccc4c3)cc(-c3cc4ccc5cccc6ccc(c3)c4c56)cc21. The van der Waals surface area contributed by atoms with Crippen LogP contribution in [0.3, 0.4) is 0 Å². The van der Waals surface area contributed by atoms with E-state index in [9.17, 15) is 0 Å². The zero-order chi connectivity index (χ0) is 29.9. The standard InChI is InChI=1S/C45H30/c1-45(2)40-25-32-11-6-5-10-31(32)23-39(40)44-38(33-17-14-27-8-3-4-9-30(27)20-33)24-37(26-41(44)45)36-21-34-18-15-28-12-7-13-29-16-19-35(22-36)43(34)42(28)29/h3-26H,1-2H3.